The largest absolute Gasteiger partial charge is 0.341 e. The number of aromatic nitrogens is 2. The Morgan fingerprint density at radius 2 is 2.19 bits per heavy atom. The lowest BCUT2D eigenvalue weighted by Crippen LogP contribution is -2.21. The number of rotatable bonds is 5. The average molecular weight is 299 g/mol. The van der Waals surface area contributed by atoms with Gasteiger partial charge in [-0.3, -0.25) is 0 Å². The molecular formula is C17H21N3S. The van der Waals surface area contributed by atoms with E-state index in [4.69, 9.17) is 5.73 Å². The number of thiazole rings is 1. The highest BCUT2D eigenvalue weighted by Gasteiger charge is 2.09. The molecule has 3 rings (SSSR count). The topological polar surface area (TPSA) is 43.8 Å². The maximum absolute atomic E-state index is 6.11. The lowest BCUT2D eigenvalue weighted by atomic mass is 10.0. The van der Waals surface area contributed by atoms with Crippen molar-refractivity contribution in [3.8, 4) is 0 Å². The highest BCUT2D eigenvalue weighted by molar-refractivity contribution is 7.09. The van der Waals surface area contributed by atoms with Crippen LogP contribution in [0.25, 0.3) is 10.9 Å². The van der Waals surface area contributed by atoms with Crippen molar-refractivity contribution in [1.29, 1.82) is 0 Å². The molecule has 4 heteroatoms. The standard InChI is InChI=1S/C17H21N3S/c1-3-14(18)9-13-5-4-6-17-16(13)7-8-20(17)10-15-11-21-12(2)19-15/h4-8,11,14H,3,9-10,18H2,1-2H3. The van der Waals surface area contributed by atoms with E-state index in [0.29, 0.717) is 0 Å². The Bertz CT molecular complexity index is 741. The number of nitrogens with zero attached hydrogens (tertiary/aromatic N) is 2. The van der Waals surface area contributed by atoms with Crippen molar-refractivity contribution in [1.82, 2.24) is 9.55 Å². The van der Waals surface area contributed by atoms with Gasteiger partial charge in [0.05, 0.1) is 17.2 Å². The van der Waals surface area contributed by atoms with Gasteiger partial charge in [-0.15, -0.1) is 11.3 Å². The van der Waals surface area contributed by atoms with Crippen LogP contribution in [0.1, 0.15) is 29.6 Å². The Hall–Kier alpha value is -1.65. The number of aryl methyl sites for hydroxylation is 1. The van der Waals surface area contributed by atoms with E-state index in [0.717, 1.165) is 30.1 Å². The van der Waals surface area contributed by atoms with Gasteiger partial charge >= 0.3 is 0 Å². The number of hydrogen-bond acceptors (Lipinski definition) is 3. The molecule has 0 saturated carbocycles. The molecule has 2 N–H and O–H groups in total. The highest BCUT2D eigenvalue weighted by atomic mass is 32.1. The summed E-state index contributed by atoms with van der Waals surface area (Å²) in [7, 11) is 0. The quantitative estimate of drug-likeness (QED) is 0.780. The third kappa shape index (κ3) is 3.01. The molecular weight excluding hydrogens is 278 g/mol. The average Bonchev–Trinajstić information content (AvgIpc) is 3.07. The normalized spacial score (nSPS) is 12.9. The first-order chi connectivity index (χ1) is 10.2. The van der Waals surface area contributed by atoms with Crippen LogP contribution >= 0.6 is 11.3 Å². The molecule has 2 heterocycles. The van der Waals surface area contributed by atoms with Gasteiger partial charge in [0, 0.05) is 28.5 Å². The van der Waals surface area contributed by atoms with Crippen LogP contribution < -0.4 is 5.73 Å². The van der Waals surface area contributed by atoms with Gasteiger partial charge < -0.3 is 10.3 Å². The SMILES string of the molecule is CCC(N)Cc1cccc2c1ccn2Cc1csc(C)n1. The molecule has 0 aliphatic heterocycles. The van der Waals surface area contributed by atoms with Crippen molar-refractivity contribution in [3.63, 3.8) is 0 Å². The van der Waals surface area contributed by atoms with E-state index in [1.54, 1.807) is 11.3 Å². The molecule has 0 spiro atoms. The number of benzene rings is 1. The summed E-state index contributed by atoms with van der Waals surface area (Å²) in [6.45, 7) is 5.02. The Morgan fingerprint density at radius 1 is 1.33 bits per heavy atom. The van der Waals surface area contributed by atoms with Crippen molar-refractivity contribution in [2.75, 3.05) is 0 Å². The van der Waals surface area contributed by atoms with E-state index in [9.17, 15) is 0 Å². The molecule has 0 fully saturated rings. The van der Waals surface area contributed by atoms with E-state index >= 15 is 0 Å². The molecule has 0 radical (unpaired) electrons. The molecule has 0 aliphatic rings. The minimum absolute atomic E-state index is 0.236. The van der Waals surface area contributed by atoms with E-state index in [1.807, 2.05) is 6.92 Å². The summed E-state index contributed by atoms with van der Waals surface area (Å²) < 4.78 is 2.27. The second kappa shape index (κ2) is 6.00. The fourth-order valence-corrected chi connectivity index (χ4v) is 3.29. The van der Waals surface area contributed by atoms with Gasteiger partial charge in [-0.05, 0) is 37.5 Å². The third-order valence-electron chi connectivity index (χ3n) is 3.91. The Balaban J connectivity index is 1.93. The Kier molecular flexibility index (Phi) is 4.08. The lowest BCUT2D eigenvalue weighted by Gasteiger charge is -2.10. The number of nitrogens with two attached hydrogens (primary N) is 1. The number of hydrogen-bond donors (Lipinski definition) is 1. The highest BCUT2D eigenvalue weighted by Crippen LogP contribution is 2.23. The molecule has 1 atom stereocenters. The zero-order chi connectivity index (χ0) is 14.8. The van der Waals surface area contributed by atoms with Crippen LogP contribution in [-0.2, 0) is 13.0 Å². The second-order valence-corrected chi connectivity index (χ2v) is 6.59. The van der Waals surface area contributed by atoms with E-state index in [-0.39, 0.29) is 6.04 Å². The minimum atomic E-state index is 0.236. The maximum Gasteiger partial charge on any atom is 0.0898 e. The van der Waals surface area contributed by atoms with Crippen molar-refractivity contribution >= 4 is 22.2 Å². The summed E-state index contributed by atoms with van der Waals surface area (Å²) in [5, 5.41) is 4.57. The second-order valence-electron chi connectivity index (χ2n) is 5.52. The fourth-order valence-electron chi connectivity index (χ4n) is 2.69. The van der Waals surface area contributed by atoms with Gasteiger partial charge in [-0.25, -0.2) is 4.98 Å². The summed E-state index contributed by atoms with van der Waals surface area (Å²) in [5.41, 5.74) is 9.85. The van der Waals surface area contributed by atoms with Gasteiger partial charge in [0.1, 0.15) is 0 Å². The molecule has 1 unspecified atom stereocenters. The minimum Gasteiger partial charge on any atom is -0.341 e. The molecule has 0 saturated heterocycles. The molecule has 2 aromatic heterocycles. The Labute approximate surface area is 129 Å². The van der Waals surface area contributed by atoms with Crippen LogP contribution in [0.2, 0.25) is 0 Å². The predicted octanol–water partition coefficient (Wildman–Crippen LogP) is 3.73. The summed E-state index contributed by atoms with van der Waals surface area (Å²) in [5.74, 6) is 0. The van der Waals surface area contributed by atoms with Crippen LogP contribution in [0.5, 0.6) is 0 Å². The maximum atomic E-state index is 6.11. The van der Waals surface area contributed by atoms with Crippen LogP contribution in [0, 0.1) is 6.92 Å². The molecule has 0 aliphatic carbocycles. The van der Waals surface area contributed by atoms with E-state index in [1.165, 1.54) is 16.5 Å². The first kappa shape index (κ1) is 14.3. The molecule has 21 heavy (non-hydrogen) atoms. The smallest absolute Gasteiger partial charge is 0.0898 e. The van der Waals surface area contributed by atoms with E-state index < -0.39 is 0 Å². The van der Waals surface area contributed by atoms with Gasteiger partial charge in [-0.1, -0.05) is 19.1 Å². The predicted molar refractivity (Wildman–Crippen MR) is 89.9 cm³/mol. The third-order valence-corrected chi connectivity index (χ3v) is 4.73. The molecule has 3 aromatic rings. The zero-order valence-corrected chi connectivity index (χ0v) is 13.4. The lowest BCUT2D eigenvalue weighted by molar-refractivity contribution is 0.649. The molecule has 3 nitrogen and oxygen atoms in total. The Morgan fingerprint density at radius 3 is 2.90 bits per heavy atom. The van der Waals surface area contributed by atoms with Crippen LogP contribution in [-0.4, -0.2) is 15.6 Å². The fraction of sp³-hybridized carbons (Fsp3) is 0.353. The van der Waals surface area contributed by atoms with Crippen molar-refractivity contribution < 1.29 is 0 Å². The number of fused-ring (bicyclic) bond motifs is 1. The summed E-state index contributed by atoms with van der Waals surface area (Å²) >= 11 is 1.71. The van der Waals surface area contributed by atoms with Crippen molar-refractivity contribution in [3.05, 3.63) is 52.1 Å². The first-order valence-corrected chi connectivity index (χ1v) is 8.28. The molecule has 0 amide bonds. The summed E-state index contributed by atoms with van der Waals surface area (Å²) in [6.07, 6.45) is 4.10. The monoisotopic (exact) mass is 299 g/mol. The van der Waals surface area contributed by atoms with Crippen LogP contribution in [0.4, 0.5) is 0 Å². The van der Waals surface area contributed by atoms with Crippen LogP contribution in [0.15, 0.2) is 35.8 Å². The first-order valence-electron chi connectivity index (χ1n) is 7.40. The molecule has 110 valence electrons. The van der Waals surface area contributed by atoms with E-state index in [2.05, 4.69) is 52.3 Å². The van der Waals surface area contributed by atoms with Gasteiger partial charge in [0.25, 0.3) is 0 Å². The van der Waals surface area contributed by atoms with Crippen molar-refractivity contribution in [2.45, 2.75) is 39.3 Å². The van der Waals surface area contributed by atoms with Crippen LogP contribution in [0.3, 0.4) is 0 Å². The van der Waals surface area contributed by atoms with Gasteiger partial charge in [0.2, 0.25) is 0 Å². The summed E-state index contributed by atoms with van der Waals surface area (Å²) in [6, 6.07) is 8.93. The van der Waals surface area contributed by atoms with Gasteiger partial charge in [-0.2, -0.15) is 0 Å². The summed E-state index contributed by atoms with van der Waals surface area (Å²) in [4.78, 5) is 4.55. The van der Waals surface area contributed by atoms with Crippen molar-refractivity contribution in [2.24, 2.45) is 5.73 Å². The zero-order valence-electron chi connectivity index (χ0n) is 12.5. The molecule has 0 bridgehead atoms. The molecule has 1 aromatic carbocycles. The van der Waals surface area contributed by atoms with Gasteiger partial charge in [0.15, 0.2) is 0 Å².